The normalized spacial score (nSPS) is 10.9. The van der Waals surface area contributed by atoms with Crippen LogP contribution in [0, 0.1) is 0 Å². The van der Waals surface area contributed by atoms with Crippen LogP contribution in [0.1, 0.15) is 5.56 Å². The highest BCUT2D eigenvalue weighted by Crippen LogP contribution is 2.22. The van der Waals surface area contributed by atoms with Crippen LogP contribution in [-0.4, -0.2) is 16.5 Å². The number of hydrazone groups is 1. The summed E-state index contributed by atoms with van der Waals surface area (Å²) in [6.07, 6.45) is 1.46. The molecule has 6 nitrogen and oxygen atoms in total. The van der Waals surface area contributed by atoms with Gasteiger partial charge in [0.05, 0.1) is 16.3 Å². The summed E-state index contributed by atoms with van der Waals surface area (Å²) in [5, 5.41) is 11.7. The molecular weight excluding hydrogens is 265 g/mol. The number of nitrogens with one attached hydrogen (secondary N) is 1. The lowest BCUT2D eigenvalue weighted by Gasteiger charge is -2.00. The number of hydrogen-bond donors (Lipinski definition) is 2. The monoisotopic (exact) mass is 271 g/mol. The second-order valence-electron chi connectivity index (χ2n) is 3.00. The first-order valence-corrected chi connectivity index (χ1v) is 5.25. The van der Waals surface area contributed by atoms with Crippen LogP contribution in [0.4, 0.5) is 11.6 Å². The van der Waals surface area contributed by atoms with Gasteiger partial charge in [-0.3, -0.25) is 5.43 Å². The van der Waals surface area contributed by atoms with Gasteiger partial charge < -0.3 is 5.73 Å². The Kier molecular flexibility index (Phi) is 3.46. The zero-order valence-corrected chi connectivity index (χ0v) is 9.90. The number of nitrogen functional groups attached to an aromatic ring is 1. The Labute approximate surface area is 106 Å². The van der Waals surface area contributed by atoms with E-state index in [4.69, 9.17) is 28.9 Å². The maximum atomic E-state index is 5.95. The molecule has 0 fully saturated rings. The van der Waals surface area contributed by atoms with Gasteiger partial charge in [0.1, 0.15) is 0 Å². The Morgan fingerprint density at radius 2 is 2.00 bits per heavy atom. The van der Waals surface area contributed by atoms with Crippen LogP contribution in [0.5, 0.6) is 0 Å². The van der Waals surface area contributed by atoms with Crippen molar-refractivity contribution in [3.63, 3.8) is 0 Å². The van der Waals surface area contributed by atoms with Gasteiger partial charge in [-0.05, 0) is 22.4 Å². The van der Waals surface area contributed by atoms with Crippen LogP contribution in [0.2, 0.25) is 10.0 Å². The molecule has 0 aliphatic carbocycles. The van der Waals surface area contributed by atoms with Gasteiger partial charge >= 0.3 is 0 Å². The number of hydrogen-bond acceptors (Lipinski definition) is 6. The van der Waals surface area contributed by atoms with Crippen molar-refractivity contribution in [2.45, 2.75) is 0 Å². The molecule has 0 aliphatic rings. The Morgan fingerprint density at radius 1 is 1.29 bits per heavy atom. The molecule has 0 aliphatic heterocycles. The van der Waals surface area contributed by atoms with Crippen LogP contribution >= 0.6 is 23.2 Å². The summed E-state index contributed by atoms with van der Waals surface area (Å²) in [6, 6.07) is 5.16. The molecule has 0 spiro atoms. The molecule has 1 aromatic carbocycles. The van der Waals surface area contributed by atoms with Gasteiger partial charge in [-0.15, -0.1) is 0 Å². The standard InChI is InChI=1S/C9H7Cl2N5O/c10-6-2-1-3-7(11)5(6)4-13-14-9-8(12)15-17-16-9/h1-4H,(H2,12,15)(H,14,16)/b13-4-. The molecule has 17 heavy (non-hydrogen) atoms. The van der Waals surface area contributed by atoms with Crippen molar-refractivity contribution >= 4 is 41.1 Å². The molecule has 0 amide bonds. The Hall–Kier alpha value is -1.79. The van der Waals surface area contributed by atoms with Crippen LogP contribution < -0.4 is 11.2 Å². The summed E-state index contributed by atoms with van der Waals surface area (Å²) in [5.74, 6) is 0.344. The molecule has 0 bridgehead atoms. The van der Waals surface area contributed by atoms with E-state index in [1.807, 2.05) is 0 Å². The minimum absolute atomic E-state index is 0.118. The Balaban J connectivity index is 2.14. The lowest BCUT2D eigenvalue weighted by atomic mass is 10.2. The highest BCUT2D eigenvalue weighted by atomic mass is 35.5. The van der Waals surface area contributed by atoms with E-state index in [0.717, 1.165) is 0 Å². The predicted molar refractivity (Wildman–Crippen MR) is 66.4 cm³/mol. The maximum Gasteiger partial charge on any atom is 0.235 e. The zero-order valence-electron chi connectivity index (χ0n) is 8.39. The van der Waals surface area contributed by atoms with Gasteiger partial charge in [0.15, 0.2) is 0 Å². The molecule has 1 aromatic heterocycles. The Bertz CT molecular complexity index is 534. The molecule has 0 atom stereocenters. The largest absolute Gasteiger partial charge is 0.378 e. The fourth-order valence-electron chi connectivity index (χ4n) is 1.06. The lowest BCUT2D eigenvalue weighted by molar-refractivity contribution is 0.310. The smallest absolute Gasteiger partial charge is 0.235 e. The third kappa shape index (κ3) is 2.66. The summed E-state index contributed by atoms with van der Waals surface area (Å²) in [7, 11) is 0. The highest BCUT2D eigenvalue weighted by Gasteiger charge is 2.04. The molecule has 1 heterocycles. The molecule has 2 rings (SSSR count). The minimum atomic E-state index is 0.118. The van der Waals surface area contributed by atoms with Crippen molar-refractivity contribution in [3.8, 4) is 0 Å². The lowest BCUT2D eigenvalue weighted by Crippen LogP contribution is -1.96. The van der Waals surface area contributed by atoms with Crippen LogP contribution in [0.15, 0.2) is 27.9 Å². The molecule has 2 aromatic rings. The fourth-order valence-corrected chi connectivity index (χ4v) is 1.56. The van der Waals surface area contributed by atoms with Crippen molar-refractivity contribution < 1.29 is 4.63 Å². The van der Waals surface area contributed by atoms with Crippen molar-refractivity contribution in [1.29, 1.82) is 0 Å². The number of nitrogens with two attached hydrogens (primary N) is 1. The second kappa shape index (κ2) is 5.03. The number of halogens is 2. The zero-order chi connectivity index (χ0) is 12.3. The van der Waals surface area contributed by atoms with Crippen molar-refractivity contribution in [2.75, 3.05) is 11.2 Å². The first kappa shape index (κ1) is 11.7. The van der Waals surface area contributed by atoms with Gasteiger partial charge in [0, 0.05) is 5.56 Å². The minimum Gasteiger partial charge on any atom is -0.378 e. The van der Waals surface area contributed by atoms with Gasteiger partial charge in [-0.1, -0.05) is 29.3 Å². The van der Waals surface area contributed by atoms with Crippen molar-refractivity contribution in [1.82, 2.24) is 10.3 Å². The van der Waals surface area contributed by atoms with E-state index in [2.05, 4.69) is 25.5 Å². The maximum absolute atomic E-state index is 5.95. The third-order valence-corrected chi connectivity index (χ3v) is 2.54. The predicted octanol–water partition coefficient (Wildman–Crippen LogP) is 2.40. The molecular formula is C9H7Cl2N5O. The second-order valence-corrected chi connectivity index (χ2v) is 3.82. The summed E-state index contributed by atoms with van der Waals surface area (Å²) in [6.45, 7) is 0. The van der Waals surface area contributed by atoms with Crippen LogP contribution in [0.3, 0.4) is 0 Å². The van der Waals surface area contributed by atoms with E-state index >= 15 is 0 Å². The number of anilines is 2. The summed E-state index contributed by atoms with van der Waals surface area (Å²) in [5.41, 5.74) is 8.58. The van der Waals surface area contributed by atoms with E-state index in [1.165, 1.54) is 6.21 Å². The van der Waals surface area contributed by atoms with E-state index in [-0.39, 0.29) is 11.6 Å². The van der Waals surface area contributed by atoms with Gasteiger partial charge in [0.25, 0.3) is 0 Å². The first-order valence-electron chi connectivity index (χ1n) is 4.49. The average molecular weight is 272 g/mol. The third-order valence-electron chi connectivity index (χ3n) is 1.88. The Morgan fingerprint density at radius 3 is 2.59 bits per heavy atom. The van der Waals surface area contributed by atoms with Gasteiger partial charge in [-0.25, -0.2) is 4.63 Å². The summed E-state index contributed by atoms with van der Waals surface area (Å²) in [4.78, 5) is 0. The molecule has 88 valence electrons. The molecule has 3 N–H and O–H groups in total. The van der Waals surface area contributed by atoms with Crippen LogP contribution in [0.25, 0.3) is 0 Å². The molecule has 0 saturated heterocycles. The van der Waals surface area contributed by atoms with Gasteiger partial charge in [-0.2, -0.15) is 5.10 Å². The first-order chi connectivity index (χ1) is 8.18. The van der Waals surface area contributed by atoms with Crippen molar-refractivity contribution in [3.05, 3.63) is 33.8 Å². The number of rotatable bonds is 3. The van der Waals surface area contributed by atoms with Crippen LogP contribution in [-0.2, 0) is 0 Å². The number of aromatic nitrogens is 2. The fraction of sp³-hybridized carbons (Fsp3) is 0. The molecule has 0 unspecified atom stereocenters. The van der Waals surface area contributed by atoms with Gasteiger partial charge in [0.2, 0.25) is 11.6 Å². The summed E-state index contributed by atoms with van der Waals surface area (Å²) < 4.78 is 4.38. The molecule has 8 heteroatoms. The average Bonchev–Trinajstić information content (AvgIpc) is 2.69. The quantitative estimate of drug-likeness (QED) is 0.661. The number of nitrogens with zero attached hydrogens (tertiary/aromatic N) is 3. The molecule has 0 radical (unpaired) electrons. The van der Waals surface area contributed by atoms with E-state index in [0.29, 0.717) is 15.6 Å². The van der Waals surface area contributed by atoms with E-state index in [9.17, 15) is 0 Å². The van der Waals surface area contributed by atoms with E-state index < -0.39 is 0 Å². The van der Waals surface area contributed by atoms with Crippen molar-refractivity contribution in [2.24, 2.45) is 5.10 Å². The topological polar surface area (TPSA) is 89.3 Å². The number of benzene rings is 1. The van der Waals surface area contributed by atoms with E-state index in [1.54, 1.807) is 18.2 Å². The SMILES string of the molecule is Nc1nonc1N/N=C\c1c(Cl)cccc1Cl. The summed E-state index contributed by atoms with van der Waals surface area (Å²) >= 11 is 11.9. The molecule has 0 saturated carbocycles. The highest BCUT2D eigenvalue weighted by molar-refractivity contribution is 6.38.